The maximum atomic E-state index is 12.8. The lowest BCUT2D eigenvalue weighted by Crippen LogP contribution is -2.13. The second-order valence-electron chi connectivity index (χ2n) is 3.50. The molecule has 0 aliphatic heterocycles. The van der Waals surface area contributed by atoms with Gasteiger partial charge in [0.25, 0.3) is 0 Å². The van der Waals surface area contributed by atoms with E-state index >= 15 is 0 Å². The number of hydrogen-bond donors (Lipinski definition) is 0. The van der Waals surface area contributed by atoms with Crippen LogP contribution in [0.25, 0.3) is 5.57 Å². The lowest BCUT2D eigenvalue weighted by Gasteiger charge is -2.11. The van der Waals surface area contributed by atoms with Gasteiger partial charge in [0.05, 0.1) is 23.8 Å². The van der Waals surface area contributed by atoms with Gasteiger partial charge in [-0.05, 0) is 24.6 Å². The smallest absolute Gasteiger partial charge is 0.417 e. The monoisotopic (exact) mass is 269 g/mol. The summed E-state index contributed by atoms with van der Waals surface area (Å²) in [5.41, 5.74) is -1.06. The number of nitrogens with zero attached hydrogens (tertiary/aromatic N) is 1. The molecular weight excluding hydrogens is 259 g/mol. The largest absolute Gasteiger partial charge is 0.463 e. The highest BCUT2D eigenvalue weighted by Crippen LogP contribution is 2.33. The molecule has 0 saturated carbocycles. The van der Waals surface area contributed by atoms with Gasteiger partial charge >= 0.3 is 12.1 Å². The number of alkyl halides is 3. The van der Waals surface area contributed by atoms with Crippen LogP contribution in [0.3, 0.4) is 0 Å². The summed E-state index contributed by atoms with van der Waals surface area (Å²) in [7, 11) is 0. The number of benzene rings is 1. The SMILES string of the molecule is CCOC(=O)C=C(c1ccc(C#N)cc1)C(F)(F)F. The van der Waals surface area contributed by atoms with Crippen molar-refractivity contribution in [2.75, 3.05) is 6.61 Å². The Balaban J connectivity index is 3.18. The molecule has 0 atom stereocenters. The Morgan fingerprint density at radius 3 is 2.37 bits per heavy atom. The average molecular weight is 269 g/mol. The highest BCUT2D eigenvalue weighted by atomic mass is 19.4. The zero-order chi connectivity index (χ0) is 14.5. The fourth-order valence-electron chi connectivity index (χ4n) is 1.35. The van der Waals surface area contributed by atoms with Crippen LogP contribution in [0.5, 0.6) is 0 Å². The summed E-state index contributed by atoms with van der Waals surface area (Å²) in [6.45, 7) is 1.49. The molecule has 0 amide bonds. The number of nitriles is 1. The number of ether oxygens (including phenoxy) is 1. The highest BCUT2D eigenvalue weighted by Gasteiger charge is 2.35. The van der Waals surface area contributed by atoms with Gasteiger partial charge in [-0.1, -0.05) is 12.1 Å². The first-order chi connectivity index (χ1) is 8.88. The number of allylic oxidation sites excluding steroid dienone is 1. The van der Waals surface area contributed by atoms with E-state index in [9.17, 15) is 18.0 Å². The third kappa shape index (κ3) is 4.14. The number of rotatable bonds is 3. The van der Waals surface area contributed by atoms with Crippen molar-refractivity contribution in [2.45, 2.75) is 13.1 Å². The predicted octanol–water partition coefficient (Wildman–Crippen LogP) is 3.07. The van der Waals surface area contributed by atoms with Gasteiger partial charge in [0, 0.05) is 6.08 Å². The van der Waals surface area contributed by atoms with Crippen LogP contribution < -0.4 is 0 Å². The predicted molar refractivity (Wildman–Crippen MR) is 61.8 cm³/mol. The van der Waals surface area contributed by atoms with E-state index in [2.05, 4.69) is 4.74 Å². The van der Waals surface area contributed by atoms with Gasteiger partial charge in [0.2, 0.25) is 0 Å². The second kappa shape index (κ2) is 6.05. The Hall–Kier alpha value is -2.29. The number of carbonyl (C=O) groups excluding carboxylic acids is 1. The molecule has 1 rings (SSSR count). The summed E-state index contributed by atoms with van der Waals surface area (Å²) in [6.07, 6.45) is -4.27. The van der Waals surface area contributed by atoms with Crippen LogP contribution in [0.15, 0.2) is 30.3 Å². The lowest BCUT2D eigenvalue weighted by molar-refractivity contribution is -0.137. The van der Waals surface area contributed by atoms with Gasteiger partial charge in [-0.2, -0.15) is 18.4 Å². The molecule has 0 spiro atoms. The number of carbonyl (C=O) groups is 1. The van der Waals surface area contributed by atoms with Crippen molar-refractivity contribution in [3.63, 3.8) is 0 Å². The summed E-state index contributed by atoms with van der Waals surface area (Å²) in [6, 6.07) is 6.57. The molecule has 1 aromatic rings. The van der Waals surface area contributed by atoms with E-state index in [1.165, 1.54) is 19.1 Å². The van der Waals surface area contributed by atoms with Crippen LogP contribution in [0.2, 0.25) is 0 Å². The Bertz CT molecular complexity index is 524. The molecule has 100 valence electrons. The van der Waals surface area contributed by atoms with Crippen molar-refractivity contribution in [3.05, 3.63) is 41.5 Å². The van der Waals surface area contributed by atoms with Gasteiger partial charge in [-0.3, -0.25) is 0 Å². The first-order valence-electron chi connectivity index (χ1n) is 5.34. The molecule has 0 heterocycles. The molecule has 0 bridgehead atoms. The van der Waals surface area contributed by atoms with Crippen molar-refractivity contribution < 1.29 is 22.7 Å². The summed E-state index contributed by atoms with van der Waals surface area (Å²) >= 11 is 0. The number of esters is 1. The van der Waals surface area contributed by atoms with Gasteiger partial charge in [-0.15, -0.1) is 0 Å². The molecule has 0 unspecified atom stereocenters. The quantitative estimate of drug-likeness (QED) is 0.626. The molecular formula is C13H10F3NO2. The van der Waals surface area contributed by atoms with Crippen molar-refractivity contribution in [1.82, 2.24) is 0 Å². The van der Waals surface area contributed by atoms with Crippen LogP contribution in [0.4, 0.5) is 13.2 Å². The third-order valence-corrected chi connectivity index (χ3v) is 2.18. The average Bonchev–Trinajstić information content (AvgIpc) is 2.35. The molecule has 1 aromatic carbocycles. The van der Waals surface area contributed by atoms with E-state index < -0.39 is 17.7 Å². The lowest BCUT2D eigenvalue weighted by atomic mass is 10.0. The van der Waals surface area contributed by atoms with Crippen LogP contribution >= 0.6 is 0 Å². The number of hydrogen-bond acceptors (Lipinski definition) is 3. The van der Waals surface area contributed by atoms with Crippen molar-refractivity contribution in [1.29, 1.82) is 5.26 Å². The molecule has 19 heavy (non-hydrogen) atoms. The number of halogens is 3. The molecule has 0 radical (unpaired) electrons. The van der Waals surface area contributed by atoms with Crippen molar-refractivity contribution >= 4 is 11.5 Å². The first kappa shape index (κ1) is 14.8. The van der Waals surface area contributed by atoms with E-state index in [0.29, 0.717) is 6.08 Å². The minimum atomic E-state index is -4.68. The fraction of sp³-hybridized carbons (Fsp3) is 0.231. The Labute approximate surface area is 107 Å². The van der Waals surface area contributed by atoms with Crippen LogP contribution in [-0.4, -0.2) is 18.8 Å². The Kier molecular flexibility index (Phi) is 4.70. The van der Waals surface area contributed by atoms with Crippen molar-refractivity contribution in [3.8, 4) is 6.07 Å². The normalized spacial score (nSPS) is 11.8. The van der Waals surface area contributed by atoms with Crippen LogP contribution in [0.1, 0.15) is 18.1 Å². The van der Waals surface area contributed by atoms with Gasteiger partial charge in [0.1, 0.15) is 0 Å². The first-order valence-corrected chi connectivity index (χ1v) is 5.34. The molecule has 6 heteroatoms. The van der Waals surface area contributed by atoms with E-state index in [1.807, 2.05) is 0 Å². The van der Waals surface area contributed by atoms with E-state index in [1.54, 1.807) is 6.07 Å². The Morgan fingerprint density at radius 2 is 1.95 bits per heavy atom. The summed E-state index contributed by atoms with van der Waals surface area (Å²) in [4.78, 5) is 11.1. The maximum Gasteiger partial charge on any atom is 0.417 e. The third-order valence-electron chi connectivity index (χ3n) is 2.18. The Morgan fingerprint density at radius 1 is 1.37 bits per heavy atom. The van der Waals surface area contributed by atoms with Crippen LogP contribution in [0, 0.1) is 11.3 Å². The highest BCUT2D eigenvalue weighted by molar-refractivity contribution is 5.92. The summed E-state index contributed by atoms with van der Waals surface area (Å²) < 4.78 is 43.0. The fourth-order valence-corrected chi connectivity index (χ4v) is 1.35. The topological polar surface area (TPSA) is 50.1 Å². The van der Waals surface area contributed by atoms with Gasteiger partial charge < -0.3 is 4.74 Å². The molecule has 0 aliphatic carbocycles. The molecule has 0 aliphatic rings. The summed E-state index contributed by atoms with van der Waals surface area (Å²) in [5, 5.41) is 8.58. The molecule has 0 saturated heterocycles. The van der Waals surface area contributed by atoms with E-state index in [0.717, 1.165) is 12.1 Å². The molecule has 3 nitrogen and oxygen atoms in total. The van der Waals surface area contributed by atoms with E-state index in [-0.39, 0.29) is 17.7 Å². The van der Waals surface area contributed by atoms with Gasteiger partial charge in [0.15, 0.2) is 0 Å². The summed E-state index contributed by atoms with van der Waals surface area (Å²) in [5.74, 6) is -1.06. The van der Waals surface area contributed by atoms with Crippen LogP contribution in [-0.2, 0) is 9.53 Å². The standard InChI is InChI=1S/C13H10F3NO2/c1-2-19-12(18)7-11(13(14,15)16)10-5-3-9(8-17)4-6-10/h3-7H,2H2,1H3. The minimum Gasteiger partial charge on any atom is -0.463 e. The minimum absolute atomic E-state index is 0.00611. The molecule has 0 N–H and O–H groups in total. The molecule has 0 aromatic heterocycles. The van der Waals surface area contributed by atoms with Gasteiger partial charge in [-0.25, -0.2) is 4.79 Å². The van der Waals surface area contributed by atoms with Crippen molar-refractivity contribution in [2.24, 2.45) is 0 Å². The maximum absolute atomic E-state index is 12.8. The molecule has 0 fully saturated rings. The zero-order valence-electron chi connectivity index (χ0n) is 9.99. The second-order valence-corrected chi connectivity index (χ2v) is 3.50. The van der Waals surface area contributed by atoms with E-state index in [4.69, 9.17) is 5.26 Å². The zero-order valence-corrected chi connectivity index (χ0v) is 9.99.